The summed E-state index contributed by atoms with van der Waals surface area (Å²) in [6, 6.07) is 17.1. The second-order valence-corrected chi connectivity index (χ2v) is 8.86. The number of fused-ring (bicyclic) bond motifs is 1. The first-order valence-corrected chi connectivity index (χ1v) is 11.2. The molecule has 0 N–H and O–H groups in total. The minimum Gasteiger partial charge on any atom is -0.451 e. The Morgan fingerprint density at radius 3 is 2.66 bits per heavy atom. The van der Waals surface area contributed by atoms with Crippen molar-refractivity contribution in [2.75, 3.05) is 18.1 Å². The van der Waals surface area contributed by atoms with Crippen LogP contribution in [0.4, 0.5) is 5.69 Å². The van der Waals surface area contributed by atoms with Crippen molar-refractivity contribution in [2.45, 2.75) is 30.4 Å². The molecule has 1 atom stereocenters. The minimum absolute atomic E-state index is 0.131. The van der Waals surface area contributed by atoms with Crippen molar-refractivity contribution in [3.63, 3.8) is 0 Å². The SMILES string of the molecule is Cc1nnnn1/C(=C\c1ccccc1)C(=O)OCC(=O)N1CCC(C)Sc2ccccc21. The summed E-state index contributed by atoms with van der Waals surface area (Å²) >= 11 is 1.75. The van der Waals surface area contributed by atoms with Crippen LogP contribution in [0.15, 0.2) is 59.5 Å². The van der Waals surface area contributed by atoms with Gasteiger partial charge in [-0.05, 0) is 47.5 Å². The fourth-order valence-electron chi connectivity index (χ4n) is 3.39. The molecule has 3 aromatic rings. The molecular weight excluding hydrogens is 426 g/mol. The van der Waals surface area contributed by atoms with E-state index in [9.17, 15) is 9.59 Å². The van der Waals surface area contributed by atoms with E-state index < -0.39 is 5.97 Å². The topological polar surface area (TPSA) is 90.2 Å². The van der Waals surface area contributed by atoms with Gasteiger partial charge >= 0.3 is 5.97 Å². The monoisotopic (exact) mass is 449 g/mol. The second kappa shape index (κ2) is 9.78. The van der Waals surface area contributed by atoms with Gasteiger partial charge in [0.25, 0.3) is 5.91 Å². The van der Waals surface area contributed by atoms with E-state index >= 15 is 0 Å². The Kier molecular flexibility index (Phi) is 6.65. The summed E-state index contributed by atoms with van der Waals surface area (Å²) in [6.45, 7) is 4.02. The Hall–Kier alpha value is -3.46. The zero-order valence-corrected chi connectivity index (χ0v) is 18.7. The molecule has 32 heavy (non-hydrogen) atoms. The number of tetrazole rings is 1. The standard InChI is InChI=1S/C23H23N5O3S/c1-16-12-13-27(19-10-6-7-11-21(19)32-16)22(29)15-31-23(30)20(28-17(2)24-25-26-28)14-18-8-4-3-5-9-18/h3-11,14,16H,12-13,15H2,1-2H3/b20-14-. The molecule has 1 aliphatic heterocycles. The van der Waals surface area contributed by atoms with E-state index in [1.165, 1.54) is 4.68 Å². The van der Waals surface area contributed by atoms with Gasteiger partial charge < -0.3 is 9.64 Å². The molecule has 0 bridgehead atoms. The molecule has 0 aliphatic carbocycles. The fourth-order valence-corrected chi connectivity index (χ4v) is 4.51. The van der Waals surface area contributed by atoms with Gasteiger partial charge in [0.2, 0.25) is 0 Å². The van der Waals surface area contributed by atoms with Crippen LogP contribution in [-0.4, -0.2) is 50.5 Å². The van der Waals surface area contributed by atoms with Crippen molar-refractivity contribution >= 4 is 41.1 Å². The summed E-state index contributed by atoms with van der Waals surface area (Å²) in [5.74, 6) is -0.514. The highest BCUT2D eigenvalue weighted by atomic mass is 32.2. The first kappa shape index (κ1) is 21.8. The van der Waals surface area contributed by atoms with Gasteiger partial charge in [0.05, 0.1) is 5.69 Å². The van der Waals surface area contributed by atoms with E-state index in [1.807, 2.05) is 54.6 Å². The molecule has 0 spiro atoms. The summed E-state index contributed by atoms with van der Waals surface area (Å²) < 4.78 is 6.74. The first-order valence-electron chi connectivity index (χ1n) is 10.3. The van der Waals surface area contributed by atoms with Crippen molar-refractivity contribution < 1.29 is 14.3 Å². The summed E-state index contributed by atoms with van der Waals surface area (Å²) in [5, 5.41) is 11.7. The van der Waals surface area contributed by atoms with Crippen LogP contribution in [-0.2, 0) is 14.3 Å². The van der Waals surface area contributed by atoms with Crippen molar-refractivity contribution in [3.05, 3.63) is 66.0 Å². The molecule has 1 amide bonds. The molecule has 2 aromatic carbocycles. The Bertz CT molecular complexity index is 1150. The van der Waals surface area contributed by atoms with Crippen LogP contribution in [0.3, 0.4) is 0 Å². The average Bonchev–Trinajstić information content (AvgIpc) is 3.14. The Balaban J connectivity index is 1.53. The zero-order chi connectivity index (χ0) is 22.5. The average molecular weight is 450 g/mol. The number of carbonyl (C=O) groups is 2. The highest BCUT2D eigenvalue weighted by molar-refractivity contribution is 8.00. The summed E-state index contributed by atoms with van der Waals surface area (Å²) in [4.78, 5) is 28.7. The van der Waals surface area contributed by atoms with Gasteiger partial charge in [0.1, 0.15) is 0 Å². The fraction of sp³-hybridized carbons (Fsp3) is 0.261. The number of rotatable bonds is 5. The zero-order valence-electron chi connectivity index (χ0n) is 17.8. The number of amides is 1. The van der Waals surface area contributed by atoms with Crippen LogP contribution >= 0.6 is 11.8 Å². The molecule has 4 rings (SSSR count). The maximum atomic E-state index is 13.0. The van der Waals surface area contributed by atoms with Crippen molar-refractivity contribution in [1.29, 1.82) is 0 Å². The number of aromatic nitrogens is 4. The van der Waals surface area contributed by atoms with Crippen molar-refractivity contribution in [3.8, 4) is 0 Å². The number of ether oxygens (including phenoxy) is 1. The number of hydrogen-bond donors (Lipinski definition) is 0. The largest absolute Gasteiger partial charge is 0.451 e. The van der Waals surface area contributed by atoms with E-state index in [0.29, 0.717) is 17.6 Å². The molecule has 8 nitrogen and oxygen atoms in total. The van der Waals surface area contributed by atoms with Crippen LogP contribution in [0.1, 0.15) is 24.7 Å². The molecule has 0 fully saturated rings. The molecule has 1 unspecified atom stereocenters. The van der Waals surface area contributed by atoms with E-state index in [4.69, 9.17) is 4.74 Å². The van der Waals surface area contributed by atoms with E-state index in [0.717, 1.165) is 22.6 Å². The summed E-state index contributed by atoms with van der Waals surface area (Å²) in [6.07, 6.45) is 2.48. The molecule has 1 aromatic heterocycles. The maximum Gasteiger partial charge on any atom is 0.357 e. The number of nitrogens with zero attached hydrogens (tertiary/aromatic N) is 5. The van der Waals surface area contributed by atoms with Crippen LogP contribution in [0.25, 0.3) is 11.8 Å². The lowest BCUT2D eigenvalue weighted by molar-refractivity contribution is -0.142. The predicted molar refractivity (Wildman–Crippen MR) is 123 cm³/mol. The summed E-state index contributed by atoms with van der Waals surface area (Å²) in [7, 11) is 0. The molecule has 164 valence electrons. The Labute approximate surface area is 190 Å². The highest BCUT2D eigenvalue weighted by Crippen LogP contribution is 2.37. The van der Waals surface area contributed by atoms with Crippen LogP contribution in [0.5, 0.6) is 0 Å². The van der Waals surface area contributed by atoms with Gasteiger partial charge in [-0.25, -0.2) is 4.79 Å². The van der Waals surface area contributed by atoms with E-state index in [2.05, 4.69) is 22.4 Å². The quantitative estimate of drug-likeness (QED) is 0.435. The number of esters is 1. The lowest BCUT2D eigenvalue weighted by Crippen LogP contribution is -2.36. The lowest BCUT2D eigenvalue weighted by Gasteiger charge is -2.22. The number of aryl methyl sites for hydroxylation is 1. The number of hydrogen-bond acceptors (Lipinski definition) is 7. The number of benzene rings is 2. The van der Waals surface area contributed by atoms with E-state index in [1.54, 1.807) is 29.7 Å². The second-order valence-electron chi connectivity index (χ2n) is 7.38. The molecule has 2 heterocycles. The van der Waals surface area contributed by atoms with Crippen LogP contribution in [0, 0.1) is 6.92 Å². The van der Waals surface area contributed by atoms with Crippen molar-refractivity contribution in [1.82, 2.24) is 20.2 Å². The Morgan fingerprint density at radius 1 is 1.16 bits per heavy atom. The molecule has 0 radical (unpaired) electrons. The van der Waals surface area contributed by atoms with Crippen LogP contribution < -0.4 is 4.90 Å². The molecule has 0 saturated carbocycles. The van der Waals surface area contributed by atoms with Gasteiger partial charge in [0.15, 0.2) is 18.1 Å². The smallest absolute Gasteiger partial charge is 0.357 e. The van der Waals surface area contributed by atoms with Gasteiger partial charge in [-0.3, -0.25) is 4.79 Å². The third kappa shape index (κ3) is 4.88. The van der Waals surface area contributed by atoms with E-state index in [-0.39, 0.29) is 18.2 Å². The third-order valence-electron chi connectivity index (χ3n) is 5.04. The molecule has 1 aliphatic rings. The van der Waals surface area contributed by atoms with Crippen molar-refractivity contribution in [2.24, 2.45) is 0 Å². The molecule has 9 heteroatoms. The predicted octanol–water partition coefficient (Wildman–Crippen LogP) is 3.44. The summed E-state index contributed by atoms with van der Waals surface area (Å²) in [5.41, 5.74) is 1.76. The first-order chi connectivity index (χ1) is 15.5. The molecular formula is C23H23N5O3S. The van der Waals surface area contributed by atoms with Gasteiger partial charge in [-0.15, -0.1) is 16.9 Å². The molecule has 0 saturated heterocycles. The Morgan fingerprint density at radius 2 is 1.91 bits per heavy atom. The number of carbonyl (C=O) groups excluding carboxylic acids is 2. The maximum absolute atomic E-state index is 13.0. The van der Waals surface area contributed by atoms with Crippen LogP contribution in [0.2, 0.25) is 0 Å². The lowest BCUT2D eigenvalue weighted by atomic mass is 10.2. The number of anilines is 1. The normalized spacial score (nSPS) is 16.2. The highest BCUT2D eigenvalue weighted by Gasteiger charge is 2.26. The van der Waals surface area contributed by atoms with Gasteiger partial charge in [0, 0.05) is 16.7 Å². The number of para-hydroxylation sites is 1. The number of thioether (sulfide) groups is 1. The minimum atomic E-state index is -0.677. The van der Waals surface area contributed by atoms with Gasteiger partial charge in [-0.1, -0.05) is 49.4 Å². The third-order valence-corrected chi connectivity index (χ3v) is 6.27. The van der Waals surface area contributed by atoms with Gasteiger partial charge in [-0.2, -0.15) is 4.68 Å².